The van der Waals surface area contributed by atoms with Crippen molar-refractivity contribution >= 4 is 27.2 Å². The third kappa shape index (κ3) is 3.71. The van der Waals surface area contributed by atoms with Gasteiger partial charge in [-0.3, -0.25) is 0 Å². The van der Waals surface area contributed by atoms with Crippen LogP contribution in [0.1, 0.15) is 5.56 Å². The molecule has 0 radical (unpaired) electrons. The van der Waals surface area contributed by atoms with Crippen LogP contribution in [-0.4, -0.2) is 50.5 Å². The summed E-state index contributed by atoms with van der Waals surface area (Å²) in [4.78, 5) is 13.3. The lowest BCUT2D eigenvalue weighted by atomic mass is 10.2. The van der Waals surface area contributed by atoms with Crippen molar-refractivity contribution in [1.82, 2.24) is 10.2 Å². The molecule has 1 N–H and O–H groups in total. The van der Waals surface area contributed by atoms with Crippen LogP contribution in [0.25, 0.3) is 0 Å². The Balaban J connectivity index is 1.72. The van der Waals surface area contributed by atoms with Crippen molar-refractivity contribution in [3.63, 3.8) is 0 Å². The molecule has 18 heavy (non-hydrogen) atoms. The fourth-order valence-electron chi connectivity index (χ4n) is 1.78. The first kappa shape index (κ1) is 13.4. The molecule has 0 bridgehead atoms. The molecule has 1 fully saturated rings. The van der Waals surface area contributed by atoms with Crippen molar-refractivity contribution in [2.45, 2.75) is 6.42 Å². The van der Waals surface area contributed by atoms with Gasteiger partial charge in [0.05, 0.1) is 11.5 Å². The molecule has 7 heteroatoms. The molecule has 0 atom stereocenters. The summed E-state index contributed by atoms with van der Waals surface area (Å²) in [5, 5.41) is 6.88. The Morgan fingerprint density at radius 3 is 2.72 bits per heavy atom. The van der Waals surface area contributed by atoms with Crippen molar-refractivity contribution in [3.05, 3.63) is 22.4 Å². The molecule has 0 saturated carbocycles. The zero-order valence-corrected chi connectivity index (χ0v) is 11.6. The lowest BCUT2D eigenvalue weighted by Gasteiger charge is -2.26. The number of carbonyl (C=O) groups is 1. The Morgan fingerprint density at radius 2 is 2.11 bits per heavy atom. The van der Waals surface area contributed by atoms with E-state index >= 15 is 0 Å². The van der Waals surface area contributed by atoms with E-state index in [0.29, 0.717) is 19.6 Å². The molecule has 0 aliphatic carbocycles. The highest BCUT2D eigenvalue weighted by Gasteiger charge is 2.24. The number of nitrogens with one attached hydrogen (secondary N) is 1. The number of carbonyl (C=O) groups excluding carboxylic acids is 1. The van der Waals surface area contributed by atoms with E-state index in [2.05, 4.69) is 10.7 Å². The van der Waals surface area contributed by atoms with Crippen molar-refractivity contribution < 1.29 is 13.2 Å². The van der Waals surface area contributed by atoms with E-state index in [1.54, 1.807) is 16.2 Å². The van der Waals surface area contributed by atoms with Crippen LogP contribution >= 0.6 is 11.3 Å². The summed E-state index contributed by atoms with van der Waals surface area (Å²) in [7, 11) is -2.93. The van der Waals surface area contributed by atoms with Gasteiger partial charge in [-0.2, -0.15) is 11.3 Å². The fourth-order valence-corrected chi connectivity index (χ4v) is 3.68. The average Bonchev–Trinajstić information content (AvgIpc) is 2.82. The van der Waals surface area contributed by atoms with Gasteiger partial charge in [-0.1, -0.05) is 0 Å². The number of hydrogen-bond acceptors (Lipinski definition) is 4. The first-order valence-electron chi connectivity index (χ1n) is 5.81. The van der Waals surface area contributed by atoms with Gasteiger partial charge in [0.25, 0.3) is 0 Å². The SMILES string of the molecule is O=C(NCCc1ccsc1)N1CCS(=O)(=O)CC1. The topological polar surface area (TPSA) is 66.5 Å². The molecule has 1 aromatic heterocycles. The molecule has 1 aromatic rings. The van der Waals surface area contributed by atoms with Crippen molar-refractivity contribution in [2.75, 3.05) is 31.1 Å². The van der Waals surface area contributed by atoms with Gasteiger partial charge in [0.2, 0.25) is 0 Å². The summed E-state index contributed by atoms with van der Waals surface area (Å²) in [5.74, 6) is 0.149. The molecule has 0 unspecified atom stereocenters. The molecule has 1 aliphatic heterocycles. The lowest BCUT2D eigenvalue weighted by molar-refractivity contribution is 0.202. The molecular formula is C11H16N2O3S2. The molecule has 0 spiro atoms. The zero-order chi connectivity index (χ0) is 13.0. The van der Waals surface area contributed by atoms with Gasteiger partial charge in [-0.25, -0.2) is 13.2 Å². The molecule has 100 valence electrons. The molecule has 2 rings (SSSR count). The number of amides is 2. The van der Waals surface area contributed by atoms with Gasteiger partial charge in [-0.05, 0) is 28.8 Å². The Hall–Kier alpha value is -1.08. The predicted molar refractivity (Wildman–Crippen MR) is 71.6 cm³/mol. The maximum absolute atomic E-state index is 11.8. The minimum absolute atomic E-state index is 0.0744. The monoisotopic (exact) mass is 288 g/mol. The molecule has 1 aliphatic rings. The van der Waals surface area contributed by atoms with Crippen LogP contribution in [0, 0.1) is 0 Å². The van der Waals surface area contributed by atoms with E-state index < -0.39 is 9.84 Å². The first-order valence-corrected chi connectivity index (χ1v) is 8.57. The summed E-state index contributed by atoms with van der Waals surface area (Å²) >= 11 is 1.64. The average molecular weight is 288 g/mol. The number of sulfone groups is 1. The summed E-state index contributed by atoms with van der Waals surface area (Å²) in [6.07, 6.45) is 0.807. The molecule has 0 aromatic carbocycles. The van der Waals surface area contributed by atoms with Gasteiger partial charge in [-0.15, -0.1) is 0 Å². The highest BCUT2D eigenvalue weighted by Crippen LogP contribution is 2.06. The van der Waals surface area contributed by atoms with Crippen LogP contribution in [0.4, 0.5) is 4.79 Å². The van der Waals surface area contributed by atoms with Crippen molar-refractivity contribution in [2.24, 2.45) is 0 Å². The Kier molecular flexibility index (Phi) is 4.23. The van der Waals surface area contributed by atoms with E-state index in [4.69, 9.17) is 0 Å². The first-order chi connectivity index (χ1) is 8.57. The third-order valence-electron chi connectivity index (χ3n) is 2.90. The van der Waals surface area contributed by atoms with Crippen LogP contribution in [0.3, 0.4) is 0 Å². The van der Waals surface area contributed by atoms with Crippen LogP contribution in [-0.2, 0) is 16.3 Å². The van der Waals surface area contributed by atoms with E-state index in [0.717, 1.165) is 6.42 Å². The van der Waals surface area contributed by atoms with Gasteiger partial charge >= 0.3 is 6.03 Å². The number of thiophene rings is 1. The fraction of sp³-hybridized carbons (Fsp3) is 0.545. The van der Waals surface area contributed by atoms with Crippen LogP contribution in [0.2, 0.25) is 0 Å². The number of rotatable bonds is 3. The third-order valence-corrected chi connectivity index (χ3v) is 5.24. The van der Waals surface area contributed by atoms with Gasteiger partial charge in [0.1, 0.15) is 0 Å². The van der Waals surface area contributed by atoms with Crippen molar-refractivity contribution in [3.8, 4) is 0 Å². The number of hydrogen-bond donors (Lipinski definition) is 1. The molecular weight excluding hydrogens is 272 g/mol. The van der Waals surface area contributed by atoms with Gasteiger partial charge < -0.3 is 10.2 Å². The Bertz CT molecular complexity index is 482. The molecule has 2 heterocycles. The van der Waals surface area contributed by atoms with Crippen LogP contribution in [0.5, 0.6) is 0 Å². The van der Waals surface area contributed by atoms with Gasteiger partial charge in [0.15, 0.2) is 9.84 Å². The second-order valence-electron chi connectivity index (χ2n) is 4.25. The standard InChI is InChI=1S/C11H16N2O3S2/c14-11(12-3-1-10-2-6-17-9-10)13-4-7-18(15,16)8-5-13/h2,6,9H,1,3-5,7-8H2,(H,12,14). The highest BCUT2D eigenvalue weighted by atomic mass is 32.2. The quantitative estimate of drug-likeness (QED) is 0.891. The van der Waals surface area contributed by atoms with Crippen LogP contribution in [0.15, 0.2) is 16.8 Å². The smallest absolute Gasteiger partial charge is 0.317 e. The Labute approximate surface area is 111 Å². The molecule has 2 amide bonds. The van der Waals surface area contributed by atoms with E-state index in [1.807, 2.05) is 11.4 Å². The second-order valence-corrected chi connectivity index (χ2v) is 7.34. The zero-order valence-electron chi connectivity index (χ0n) is 9.96. The maximum atomic E-state index is 11.8. The van der Waals surface area contributed by atoms with E-state index in [9.17, 15) is 13.2 Å². The van der Waals surface area contributed by atoms with Crippen molar-refractivity contribution in [1.29, 1.82) is 0 Å². The van der Waals surface area contributed by atoms with E-state index in [1.165, 1.54) is 5.56 Å². The summed E-state index contributed by atoms with van der Waals surface area (Å²) in [6, 6.07) is 1.87. The summed E-state index contributed by atoms with van der Waals surface area (Å²) < 4.78 is 22.5. The predicted octanol–water partition coefficient (Wildman–Crippen LogP) is 0.731. The maximum Gasteiger partial charge on any atom is 0.317 e. The minimum Gasteiger partial charge on any atom is -0.338 e. The lowest BCUT2D eigenvalue weighted by Crippen LogP contribution is -2.48. The highest BCUT2D eigenvalue weighted by molar-refractivity contribution is 7.91. The Morgan fingerprint density at radius 1 is 1.39 bits per heavy atom. The largest absolute Gasteiger partial charge is 0.338 e. The second kappa shape index (κ2) is 5.71. The minimum atomic E-state index is -2.93. The number of urea groups is 1. The van der Waals surface area contributed by atoms with E-state index in [-0.39, 0.29) is 17.5 Å². The van der Waals surface area contributed by atoms with Gasteiger partial charge in [0, 0.05) is 19.6 Å². The summed E-state index contributed by atoms with van der Waals surface area (Å²) in [6.45, 7) is 1.18. The normalized spacial score (nSPS) is 18.6. The molecule has 5 nitrogen and oxygen atoms in total. The molecule has 1 saturated heterocycles. The summed E-state index contributed by atoms with van der Waals surface area (Å²) in [5.41, 5.74) is 1.21. The van der Waals surface area contributed by atoms with Crippen LogP contribution < -0.4 is 5.32 Å². The number of nitrogens with zero attached hydrogens (tertiary/aromatic N) is 1.